The van der Waals surface area contributed by atoms with Crippen molar-refractivity contribution in [1.82, 2.24) is 14.0 Å². The van der Waals surface area contributed by atoms with E-state index in [-0.39, 0.29) is 30.4 Å². The first-order chi connectivity index (χ1) is 15.2. The summed E-state index contributed by atoms with van der Waals surface area (Å²) in [7, 11) is 0. The number of pyridine rings is 1. The summed E-state index contributed by atoms with van der Waals surface area (Å²) >= 11 is 6.13. The Balaban J connectivity index is 0.00000153. The molecule has 1 fully saturated rings. The fourth-order valence-corrected chi connectivity index (χ4v) is 4.91. The standard InChI is InChI=1S/C24H26ClN5O.2ClH/c25-22-10-9-20-23(26-22)29-12-4-8-21(29)24(31)30(20)13-5-11-27-14-16-28(17-15-27)18-19-6-2-1-3-7-19;;/h1-4,6-10,12H,5,11,13-18H2;2*1H. The molecule has 5 rings (SSSR count). The van der Waals surface area contributed by atoms with Gasteiger partial charge in [0.25, 0.3) is 5.56 Å². The molecular weight excluding hydrogens is 481 g/mol. The molecule has 9 heteroatoms. The average Bonchev–Trinajstić information content (AvgIpc) is 3.29. The number of piperazine rings is 1. The Morgan fingerprint density at radius 1 is 0.879 bits per heavy atom. The summed E-state index contributed by atoms with van der Waals surface area (Å²) in [6.45, 7) is 7.67. The van der Waals surface area contributed by atoms with Gasteiger partial charge >= 0.3 is 0 Å². The van der Waals surface area contributed by atoms with Crippen molar-refractivity contribution in [2.45, 2.75) is 19.5 Å². The third-order valence-corrected chi connectivity index (χ3v) is 6.64. The highest BCUT2D eigenvalue weighted by atomic mass is 35.5. The summed E-state index contributed by atoms with van der Waals surface area (Å²) in [4.78, 5) is 20.8. The topological polar surface area (TPSA) is 48.2 Å². The highest BCUT2D eigenvalue weighted by molar-refractivity contribution is 6.29. The van der Waals surface area contributed by atoms with Crippen LogP contribution < -0.4 is 40.2 Å². The number of rotatable bonds is 6. The van der Waals surface area contributed by atoms with E-state index in [1.807, 2.05) is 33.4 Å². The quantitative estimate of drug-likeness (QED) is 0.256. The Kier molecular flexibility index (Phi) is 8.79. The van der Waals surface area contributed by atoms with Crippen LogP contribution in [0, 0.1) is 0 Å². The van der Waals surface area contributed by atoms with Gasteiger partial charge in [-0.1, -0.05) is 41.9 Å². The Bertz CT molecular complexity index is 1250. The van der Waals surface area contributed by atoms with Gasteiger partial charge in [-0.3, -0.25) is 9.20 Å². The molecular formula is C24H28Cl3N5O. The highest BCUT2D eigenvalue weighted by Crippen LogP contribution is 2.16. The second-order valence-electron chi connectivity index (χ2n) is 8.46. The minimum Gasteiger partial charge on any atom is -1.00 e. The lowest BCUT2D eigenvalue weighted by molar-refractivity contribution is -1.02. The molecule has 33 heavy (non-hydrogen) atoms. The summed E-state index contributed by atoms with van der Waals surface area (Å²) in [5.74, 6) is 0. The van der Waals surface area contributed by atoms with E-state index >= 15 is 0 Å². The molecule has 176 valence electrons. The Morgan fingerprint density at radius 2 is 1.61 bits per heavy atom. The maximum Gasteiger partial charge on any atom is 0.275 e. The number of halogens is 3. The molecule has 1 saturated heterocycles. The van der Waals surface area contributed by atoms with Crippen LogP contribution in [0.25, 0.3) is 16.7 Å². The third kappa shape index (κ3) is 5.53. The Labute approximate surface area is 210 Å². The number of nitrogens with zero attached hydrogens (tertiary/aromatic N) is 3. The lowest BCUT2D eigenvalue weighted by Crippen LogP contribution is -3.27. The first-order valence-electron chi connectivity index (χ1n) is 11.1. The van der Waals surface area contributed by atoms with Crippen LogP contribution in [0.4, 0.5) is 0 Å². The van der Waals surface area contributed by atoms with Crippen LogP contribution in [-0.2, 0) is 13.1 Å². The van der Waals surface area contributed by atoms with Crippen LogP contribution >= 0.6 is 11.6 Å². The SMILES string of the molecule is O=c1c2cccn2c2nc(Cl)ccc2n1CCC[NH+]1CC[NH+](Cc2ccccc2)CC1.[Cl-].[Cl-]. The van der Waals surface area contributed by atoms with Gasteiger partial charge in [-0.25, -0.2) is 4.98 Å². The van der Waals surface area contributed by atoms with E-state index in [1.54, 1.807) is 15.9 Å². The Morgan fingerprint density at radius 3 is 2.36 bits per heavy atom. The second-order valence-corrected chi connectivity index (χ2v) is 8.85. The van der Waals surface area contributed by atoms with Gasteiger partial charge in [-0.2, -0.15) is 0 Å². The monoisotopic (exact) mass is 507 g/mol. The lowest BCUT2D eigenvalue weighted by Gasteiger charge is -2.29. The summed E-state index contributed by atoms with van der Waals surface area (Å²) in [5, 5.41) is 0.438. The highest BCUT2D eigenvalue weighted by Gasteiger charge is 2.22. The maximum atomic E-state index is 13.1. The molecule has 0 unspecified atom stereocenters. The van der Waals surface area contributed by atoms with Crippen molar-refractivity contribution in [2.75, 3.05) is 32.7 Å². The molecule has 0 spiro atoms. The smallest absolute Gasteiger partial charge is 0.275 e. The van der Waals surface area contributed by atoms with Crippen molar-refractivity contribution in [2.24, 2.45) is 0 Å². The summed E-state index contributed by atoms with van der Waals surface area (Å²) in [5.41, 5.74) is 3.67. The largest absolute Gasteiger partial charge is 1.00 e. The van der Waals surface area contributed by atoms with E-state index in [0.29, 0.717) is 17.2 Å². The predicted octanol–water partition coefficient (Wildman–Crippen LogP) is -5.32. The molecule has 0 atom stereocenters. The number of hydrogen-bond acceptors (Lipinski definition) is 2. The molecule has 0 bridgehead atoms. The van der Waals surface area contributed by atoms with Crippen LogP contribution in [0.15, 0.2) is 65.6 Å². The molecule has 0 saturated carbocycles. The summed E-state index contributed by atoms with van der Waals surface area (Å²) < 4.78 is 3.70. The van der Waals surface area contributed by atoms with E-state index in [9.17, 15) is 4.79 Å². The third-order valence-electron chi connectivity index (χ3n) is 6.43. The van der Waals surface area contributed by atoms with Crippen molar-refractivity contribution in [3.8, 4) is 0 Å². The zero-order valence-corrected chi connectivity index (χ0v) is 20.6. The van der Waals surface area contributed by atoms with Gasteiger partial charge in [0.15, 0.2) is 5.65 Å². The fourth-order valence-electron chi connectivity index (χ4n) is 4.77. The number of quaternary nitrogens is 2. The number of hydrogen-bond donors (Lipinski definition) is 2. The van der Waals surface area contributed by atoms with Crippen molar-refractivity contribution < 1.29 is 34.6 Å². The molecule has 3 aromatic heterocycles. The van der Waals surface area contributed by atoms with E-state index in [2.05, 4.69) is 35.3 Å². The number of nitrogens with one attached hydrogen (secondary N) is 2. The number of aromatic nitrogens is 3. The molecule has 0 radical (unpaired) electrons. The maximum absolute atomic E-state index is 13.1. The molecule has 4 heterocycles. The number of fused-ring (bicyclic) bond motifs is 3. The average molecular weight is 509 g/mol. The van der Waals surface area contributed by atoms with Gasteiger partial charge in [0, 0.05) is 24.7 Å². The molecule has 1 aromatic carbocycles. The van der Waals surface area contributed by atoms with Gasteiger partial charge in [-0.05, 0) is 24.3 Å². The van der Waals surface area contributed by atoms with E-state index in [4.69, 9.17) is 11.6 Å². The van der Waals surface area contributed by atoms with Crippen LogP contribution in [-0.4, -0.2) is 46.7 Å². The predicted molar refractivity (Wildman–Crippen MR) is 123 cm³/mol. The zero-order chi connectivity index (χ0) is 21.2. The first kappa shape index (κ1) is 25.5. The Hall–Kier alpha value is -2.09. The minimum atomic E-state index is 0. The number of benzene rings is 1. The molecule has 0 amide bonds. The van der Waals surface area contributed by atoms with Gasteiger partial charge in [-0.15, -0.1) is 0 Å². The molecule has 0 aliphatic carbocycles. The molecule has 4 aromatic rings. The fraction of sp³-hybridized carbons (Fsp3) is 0.333. The van der Waals surface area contributed by atoms with Crippen molar-refractivity contribution >= 4 is 28.3 Å². The normalized spacial score (nSPS) is 18.1. The molecule has 6 nitrogen and oxygen atoms in total. The summed E-state index contributed by atoms with van der Waals surface area (Å²) in [6, 6.07) is 18.2. The van der Waals surface area contributed by atoms with Crippen LogP contribution in [0.2, 0.25) is 5.15 Å². The van der Waals surface area contributed by atoms with Crippen molar-refractivity contribution in [3.05, 3.63) is 81.9 Å². The van der Waals surface area contributed by atoms with Crippen molar-refractivity contribution in [3.63, 3.8) is 0 Å². The first-order valence-corrected chi connectivity index (χ1v) is 11.4. The lowest BCUT2D eigenvalue weighted by atomic mass is 10.2. The van der Waals surface area contributed by atoms with Gasteiger partial charge in [0.05, 0.1) is 12.1 Å². The van der Waals surface area contributed by atoms with Crippen LogP contribution in [0.3, 0.4) is 0 Å². The molecule has 1 aliphatic rings. The summed E-state index contributed by atoms with van der Waals surface area (Å²) in [6.07, 6.45) is 2.84. The van der Waals surface area contributed by atoms with Crippen molar-refractivity contribution in [1.29, 1.82) is 0 Å². The van der Waals surface area contributed by atoms with E-state index < -0.39 is 0 Å². The van der Waals surface area contributed by atoms with Crippen LogP contribution in [0.5, 0.6) is 0 Å². The number of aryl methyl sites for hydroxylation is 1. The minimum absolute atomic E-state index is 0. The van der Waals surface area contributed by atoms with Crippen LogP contribution in [0.1, 0.15) is 12.0 Å². The zero-order valence-electron chi connectivity index (χ0n) is 18.3. The van der Waals surface area contributed by atoms with E-state index in [0.717, 1.165) is 30.7 Å². The van der Waals surface area contributed by atoms with Gasteiger partial charge in [0.2, 0.25) is 0 Å². The second kappa shape index (κ2) is 11.4. The van der Waals surface area contributed by atoms with Gasteiger partial charge in [0.1, 0.15) is 43.4 Å². The molecule has 2 N–H and O–H groups in total. The molecule has 1 aliphatic heterocycles. The van der Waals surface area contributed by atoms with E-state index in [1.165, 1.54) is 31.7 Å². The van der Waals surface area contributed by atoms with Gasteiger partial charge < -0.3 is 39.2 Å².